The highest BCUT2D eigenvalue weighted by Crippen LogP contribution is 2.31. The van der Waals surface area contributed by atoms with Crippen LogP contribution in [0.2, 0.25) is 0 Å². The van der Waals surface area contributed by atoms with Gasteiger partial charge in [-0.3, -0.25) is 0 Å². The molecule has 0 saturated heterocycles. The Morgan fingerprint density at radius 1 is 1.25 bits per heavy atom. The van der Waals surface area contributed by atoms with E-state index in [4.69, 9.17) is 4.74 Å². The first-order valence-corrected chi connectivity index (χ1v) is 8.84. The second kappa shape index (κ2) is 7.24. The first-order chi connectivity index (χ1) is 11.1. The SMILES string of the molecule is C/C1=C\CC[C@@](C)(O)/C=C/[C@](O)(C(C)C)CCC2=C[C@H](C1)OC2=O. The van der Waals surface area contributed by atoms with Crippen LogP contribution in [0.3, 0.4) is 0 Å². The molecule has 1 aliphatic carbocycles. The van der Waals surface area contributed by atoms with E-state index >= 15 is 0 Å². The van der Waals surface area contributed by atoms with Crippen LogP contribution in [0.4, 0.5) is 0 Å². The molecule has 0 spiro atoms. The van der Waals surface area contributed by atoms with Crippen LogP contribution in [0.5, 0.6) is 0 Å². The van der Waals surface area contributed by atoms with Gasteiger partial charge in [0.05, 0.1) is 11.2 Å². The Kier molecular flexibility index (Phi) is 5.71. The van der Waals surface area contributed by atoms with Crippen molar-refractivity contribution < 1.29 is 19.7 Å². The molecule has 2 rings (SSSR count). The topological polar surface area (TPSA) is 66.8 Å². The summed E-state index contributed by atoms with van der Waals surface area (Å²) in [6.07, 6.45) is 10.1. The standard InChI is InChI=1S/C20H30O4/c1-14(2)20(23)9-7-16-13-17(24-18(16)21)12-15(3)6-5-8-19(4,22)10-11-20/h6,10-11,13-14,17,22-23H,5,7-9,12H2,1-4H3/b11-10+,15-6+/t17-,19+,20-/m0/s1. The summed E-state index contributed by atoms with van der Waals surface area (Å²) in [5.74, 6) is -0.293. The van der Waals surface area contributed by atoms with Crippen molar-refractivity contribution >= 4 is 5.97 Å². The van der Waals surface area contributed by atoms with Gasteiger partial charge < -0.3 is 14.9 Å². The first-order valence-electron chi connectivity index (χ1n) is 8.84. The summed E-state index contributed by atoms with van der Waals surface area (Å²) in [4.78, 5) is 12.0. The van der Waals surface area contributed by atoms with Crippen molar-refractivity contribution in [3.63, 3.8) is 0 Å². The molecule has 1 aliphatic heterocycles. The molecule has 1 heterocycles. The number of esters is 1. The van der Waals surface area contributed by atoms with Crippen LogP contribution in [0.15, 0.2) is 35.5 Å². The predicted molar refractivity (Wildman–Crippen MR) is 94.4 cm³/mol. The lowest BCUT2D eigenvalue weighted by Gasteiger charge is -2.30. The number of hydrogen-bond donors (Lipinski definition) is 2. The summed E-state index contributed by atoms with van der Waals surface area (Å²) in [7, 11) is 0. The highest BCUT2D eigenvalue weighted by atomic mass is 16.5. The maximum atomic E-state index is 12.0. The van der Waals surface area contributed by atoms with Gasteiger partial charge in [0.15, 0.2) is 0 Å². The van der Waals surface area contributed by atoms with Crippen molar-refractivity contribution in [1.82, 2.24) is 0 Å². The second-order valence-corrected chi connectivity index (χ2v) is 7.77. The Bertz CT molecular complexity index is 568. The summed E-state index contributed by atoms with van der Waals surface area (Å²) < 4.78 is 5.42. The van der Waals surface area contributed by atoms with Crippen LogP contribution in [0.1, 0.15) is 59.8 Å². The molecule has 2 N–H and O–H groups in total. The van der Waals surface area contributed by atoms with Gasteiger partial charge in [-0.15, -0.1) is 0 Å². The van der Waals surface area contributed by atoms with Gasteiger partial charge in [-0.25, -0.2) is 4.79 Å². The van der Waals surface area contributed by atoms with Crippen LogP contribution in [-0.2, 0) is 9.53 Å². The Hall–Kier alpha value is -1.39. The maximum absolute atomic E-state index is 12.0. The van der Waals surface area contributed by atoms with Gasteiger partial charge in [-0.2, -0.15) is 0 Å². The fourth-order valence-corrected chi connectivity index (χ4v) is 3.14. The van der Waals surface area contributed by atoms with Crippen LogP contribution in [0, 0.1) is 5.92 Å². The molecule has 4 heteroatoms. The molecular weight excluding hydrogens is 304 g/mol. The van der Waals surface area contributed by atoms with E-state index in [1.54, 1.807) is 19.1 Å². The summed E-state index contributed by atoms with van der Waals surface area (Å²) in [5, 5.41) is 21.5. The third-order valence-electron chi connectivity index (χ3n) is 5.10. The molecule has 24 heavy (non-hydrogen) atoms. The minimum Gasteiger partial charge on any atom is -0.454 e. The monoisotopic (exact) mass is 334 g/mol. The van der Waals surface area contributed by atoms with Gasteiger partial charge >= 0.3 is 5.97 Å². The molecule has 0 unspecified atom stereocenters. The molecule has 0 amide bonds. The highest BCUT2D eigenvalue weighted by Gasteiger charge is 2.32. The number of carbonyl (C=O) groups is 1. The minimum absolute atomic E-state index is 0.0200. The van der Waals surface area contributed by atoms with Crippen molar-refractivity contribution in [1.29, 1.82) is 0 Å². The average molecular weight is 334 g/mol. The molecule has 0 aromatic carbocycles. The Labute approximate surface area is 144 Å². The fraction of sp³-hybridized carbons (Fsp3) is 0.650. The van der Waals surface area contributed by atoms with E-state index in [-0.39, 0.29) is 18.0 Å². The van der Waals surface area contributed by atoms with Crippen LogP contribution < -0.4 is 0 Å². The lowest BCUT2D eigenvalue weighted by Crippen LogP contribution is -2.34. The number of rotatable bonds is 1. The second-order valence-electron chi connectivity index (χ2n) is 7.77. The molecule has 0 aromatic heterocycles. The number of ether oxygens (including phenoxy) is 1. The Morgan fingerprint density at radius 3 is 2.62 bits per heavy atom. The highest BCUT2D eigenvalue weighted by molar-refractivity contribution is 5.90. The van der Waals surface area contributed by atoms with Crippen molar-refractivity contribution in [2.45, 2.75) is 77.1 Å². The smallest absolute Gasteiger partial charge is 0.334 e. The van der Waals surface area contributed by atoms with E-state index in [1.807, 2.05) is 26.8 Å². The lowest BCUT2D eigenvalue weighted by atomic mass is 9.82. The van der Waals surface area contributed by atoms with E-state index in [0.717, 1.165) is 12.0 Å². The van der Waals surface area contributed by atoms with Gasteiger partial charge in [0.2, 0.25) is 0 Å². The van der Waals surface area contributed by atoms with Crippen molar-refractivity contribution in [3.8, 4) is 0 Å². The quantitative estimate of drug-likeness (QED) is 0.569. The summed E-state index contributed by atoms with van der Waals surface area (Å²) >= 11 is 0. The molecule has 0 saturated carbocycles. The molecule has 0 aromatic rings. The molecule has 0 radical (unpaired) electrons. The van der Waals surface area contributed by atoms with Gasteiger partial charge in [-0.1, -0.05) is 37.6 Å². The van der Waals surface area contributed by atoms with Gasteiger partial charge in [-0.05, 0) is 51.5 Å². The van der Waals surface area contributed by atoms with Crippen molar-refractivity contribution in [2.75, 3.05) is 0 Å². The van der Waals surface area contributed by atoms with Crippen LogP contribution in [-0.4, -0.2) is 33.5 Å². The van der Waals surface area contributed by atoms with Crippen LogP contribution >= 0.6 is 0 Å². The van der Waals surface area contributed by atoms with E-state index in [0.29, 0.717) is 31.3 Å². The summed E-state index contributed by atoms with van der Waals surface area (Å²) in [6.45, 7) is 7.67. The first kappa shape index (κ1) is 18.9. The minimum atomic E-state index is -1.06. The van der Waals surface area contributed by atoms with Crippen LogP contribution in [0.25, 0.3) is 0 Å². The van der Waals surface area contributed by atoms with E-state index in [1.165, 1.54) is 0 Å². The largest absolute Gasteiger partial charge is 0.454 e. The number of carbonyl (C=O) groups excluding carboxylic acids is 1. The predicted octanol–water partition coefficient (Wildman–Crippen LogP) is 3.44. The van der Waals surface area contributed by atoms with Gasteiger partial charge in [0.25, 0.3) is 0 Å². The van der Waals surface area contributed by atoms with E-state index < -0.39 is 11.2 Å². The Morgan fingerprint density at radius 2 is 1.96 bits per heavy atom. The average Bonchev–Trinajstić information content (AvgIpc) is 2.81. The zero-order valence-corrected chi connectivity index (χ0v) is 15.2. The molecule has 3 atom stereocenters. The molecular formula is C20H30O4. The molecule has 4 nitrogen and oxygen atoms in total. The maximum Gasteiger partial charge on any atom is 0.334 e. The van der Waals surface area contributed by atoms with Gasteiger partial charge in [0, 0.05) is 12.0 Å². The number of fused-ring (bicyclic) bond motifs is 1. The number of allylic oxidation sites excluding steroid dienone is 1. The third kappa shape index (κ3) is 4.81. The molecule has 134 valence electrons. The lowest BCUT2D eigenvalue weighted by molar-refractivity contribution is -0.139. The Balaban J connectivity index is 2.30. The third-order valence-corrected chi connectivity index (χ3v) is 5.10. The zero-order chi connectivity index (χ0) is 18.0. The van der Waals surface area contributed by atoms with Crippen molar-refractivity contribution in [2.24, 2.45) is 5.92 Å². The van der Waals surface area contributed by atoms with Gasteiger partial charge in [0.1, 0.15) is 6.10 Å². The zero-order valence-electron chi connectivity index (χ0n) is 15.2. The number of aliphatic hydroxyl groups is 2. The number of hydrogen-bond acceptors (Lipinski definition) is 4. The fourth-order valence-electron chi connectivity index (χ4n) is 3.14. The summed E-state index contributed by atoms with van der Waals surface area (Å²) in [5.41, 5.74) is -0.224. The normalized spacial score (nSPS) is 38.8. The van der Waals surface area contributed by atoms with Crippen molar-refractivity contribution in [3.05, 3.63) is 35.5 Å². The molecule has 0 fully saturated rings. The van der Waals surface area contributed by atoms with E-state index in [2.05, 4.69) is 6.08 Å². The summed E-state index contributed by atoms with van der Waals surface area (Å²) in [6, 6.07) is 0. The van der Waals surface area contributed by atoms with E-state index in [9.17, 15) is 15.0 Å². The molecule has 2 aliphatic rings. The molecule has 2 bridgehead atoms.